The minimum absolute atomic E-state index is 0.0836. The van der Waals surface area contributed by atoms with Gasteiger partial charge in [0.05, 0.1) is 19.1 Å². The van der Waals surface area contributed by atoms with Crippen LogP contribution in [0.2, 0.25) is 0 Å². The van der Waals surface area contributed by atoms with Crippen molar-refractivity contribution in [3.63, 3.8) is 0 Å². The maximum Gasteiger partial charge on any atom is 0.225 e. The van der Waals surface area contributed by atoms with E-state index in [0.717, 1.165) is 30.8 Å². The number of aromatic nitrogens is 1. The summed E-state index contributed by atoms with van der Waals surface area (Å²) >= 11 is 0. The molecule has 5 heteroatoms. The van der Waals surface area contributed by atoms with E-state index in [1.54, 1.807) is 7.11 Å². The van der Waals surface area contributed by atoms with E-state index >= 15 is 0 Å². The van der Waals surface area contributed by atoms with Gasteiger partial charge in [-0.2, -0.15) is 0 Å². The summed E-state index contributed by atoms with van der Waals surface area (Å²) in [4.78, 5) is 21.4. The van der Waals surface area contributed by atoms with Crippen LogP contribution in [0.1, 0.15) is 35.6 Å². The van der Waals surface area contributed by atoms with Gasteiger partial charge in [0.2, 0.25) is 5.91 Å². The topological polar surface area (TPSA) is 45.7 Å². The smallest absolute Gasteiger partial charge is 0.225 e. The summed E-state index contributed by atoms with van der Waals surface area (Å²) in [5.41, 5.74) is 3.64. The summed E-state index contributed by atoms with van der Waals surface area (Å²) in [7, 11) is 5.60. The quantitative estimate of drug-likeness (QED) is 0.829. The third-order valence-corrected chi connectivity index (χ3v) is 4.89. The molecule has 138 valence electrons. The van der Waals surface area contributed by atoms with Crippen LogP contribution < -0.4 is 4.90 Å². The lowest BCUT2D eigenvalue weighted by Gasteiger charge is -2.32. The second-order valence-corrected chi connectivity index (χ2v) is 6.88. The van der Waals surface area contributed by atoms with E-state index in [2.05, 4.69) is 35.3 Å². The number of rotatable bonds is 5. The first-order chi connectivity index (χ1) is 12.6. The molecule has 1 amide bonds. The van der Waals surface area contributed by atoms with Crippen molar-refractivity contribution in [2.24, 2.45) is 0 Å². The average molecular weight is 353 g/mol. The molecule has 0 bridgehead atoms. The Hall–Kier alpha value is -2.40. The largest absolute Gasteiger partial charge is 0.384 e. The van der Waals surface area contributed by atoms with E-state index in [9.17, 15) is 4.79 Å². The summed E-state index contributed by atoms with van der Waals surface area (Å²) in [6.07, 6.45) is 4.20. The van der Waals surface area contributed by atoms with Crippen molar-refractivity contribution in [1.29, 1.82) is 0 Å². The molecule has 0 radical (unpaired) electrons. The molecule has 1 aromatic carbocycles. The Balaban J connectivity index is 2.07. The third kappa shape index (κ3) is 3.88. The molecule has 2 heterocycles. The van der Waals surface area contributed by atoms with Gasteiger partial charge in [0, 0.05) is 33.9 Å². The number of methoxy groups -OCH3 is 1. The van der Waals surface area contributed by atoms with E-state index in [1.807, 2.05) is 36.2 Å². The number of ether oxygens (including phenoxy) is 1. The lowest BCUT2D eigenvalue weighted by atomic mass is 9.93. The maximum absolute atomic E-state index is 12.9. The van der Waals surface area contributed by atoms with Crippen LogP contribution in [0.3, 0.4) is 0 Å². The minimum Gasteiger partial charge on any atom is -0.384 e. The van der Waals surface area contributed by atoms with Gasteiger partial charge in [-0.25, -0.2) is 4.98 Å². The highest BCUT2D eigenvalue weighted by molar-refractivity contribution is 5.77. The van der Waals surface area contributed by atoms with Gasteiger partial charge in [-0.15, -0.1) is 0 Å². The molecule has 0 saturated carbocycles. The normalized spacial score (nSPS) is 16.7. The maximum atomic E-state index is 12.9. The van der Waals surface area contributed by atoms with Crippen LogP contribution in [0, 0.1) is 0 Å². The van der Waals surface area contributed by atoms with E-state index in [0.29, 0.717) is 13.0 Å². The van der Waals surface area contributed by atoms with Crippen molar-refractivity contribution in [2.75, 3.05) is 39.3 Å². The van der Waals surface area contributed by atoms with Crippen molar-refractivity contribution < 1.29 is 9.53 Å². The summed E-state index contributed by atoms with van der Waals surface area (Å²) in [6, 6.07) is 12.5. The van der Waals surface area contributed by atoms with Crippen molar-refractivity contribution in [1.82, 2.24) is 9.88 Å². The first-order valence-electron chi connectivity index (χ1n) is 9.11. The lowest BCUT2D eigenvalue weighted by Crippen LogP contribution is -2.36. The fourth-order valence-corrected chi connectivity index (χ4v) is 3.58. The highest BCUT2D eigenvalue weighted by Gasteiger charge is 2.30. The molecule has 26 heavy (non-hydrogen) atoms. The van der Waals surface area contributed by atoms with E-state index in [4.69, 9.17) is 4.74 Å². The van der Waals surface area contributed by atoms with Gasteiger partial charge in [0.15, 0.2) is 0 Å². The molecule has 0 saturated heterocycles. The number of aryl methyl sites for hydroxylation is 1. The summed E-state index contributed by atoms with van der Waals surface area (Å²) < 4.78 is 5.13. The first kappa shape index (κ1) is 18.4. The molecule has 5 nitrogen and oxygen atoms in total. The van der Waals surface area contributed by atoms with Crippen LogP contribution in [0.25, 0.3) is 0 Å². The SMILES string of the molecule is COCCC(=O)N1CCCc2ccccc2C1c1ccnc(N(C)C)c1. The molecular formula is C21H27N3O2. The fraction of sp³-hybridized carbons (Fsp3) is 0.429. The van der Waals surface area contributed by atoms with Crippen LogP contribution in [0.5, 0.6) is 0 Å². The van der Waals surface area contributed by atoms with Gasteiger partial charge in [0.25, 0.3) is 0 Å². The Morgan fingerprint density at radius 1 is 1.31 bits per heavy atom. The van der Waals surface area contributed by atoms with Crippen LogP contribution in [0.4, 0.5) is 5.82 Å². The van der Waals surface area contributed by atoms with Crippen molar-refractivity contribution in [2.45, 2.75) is 25.3 Å². The number of carbonyl (C=O) groups is 1. The van der Waals surface area contributed by atoms with Crippen LogP contribution in [0.15, 0.2) is 42.6 Å². The molecule has 0 aliphatic carbocycles. The Bertz CT molecular complexity index is 760. The number of amides is 1. The lowest BCUT2D eigenvalue weighted by molar-refractivity contribution is -0.133. The predicted molar refractivity (Wildman–Crippen MR) is 103 cm³/mol. The van der Waals surface area contributed by atoms with Gasteiger partial charge in [-0.05, 0) is 41.7 Å². The van der Waals surface area contributed by atoms with Gasteiger partial charge >= 0.3 is 0 Å². The molecule has 0 spiro atoms. The van der Waals surface area contributed by atoms with Crippen LogP contribution >= 0.6 is 0 Å². The number of carbonyl (C=O) groups excluding carboxylic acids is 1. The Morgan fingerprint density at radius 2 is 2.12 bits per heavy atom. The van der Waals surface area contributed by atoms with E-state index in [-0.39, 0.29) is 11.9 Å². The zero-order valence-corrected chi connectivity index (χ0v) is 15.8. The minimum atomic E-state index is -0.0836. The number of benzene rings is 1. The van der Waals surface area contributed by atoms with E-state index in [1.165, 1.54) is 11.1 Å². The van der Waals surface area contributed by atoms with Crippen LogP contribution in [-0.4, -0.2) is 50.1 Å². The summed E-state index contributed by atoms with van der Waals surface area (Å²) in [5, 5.41) is 0. The standard InChI is InChI=1S/C21H27N3O2/c1-23(2)19-15-17(10-12-22-19)21-18-9-5-4-7-16(18)8-6-13-24(21)20(25)11-14-26-3/h4-5,7,9-10,12,15,21H,6,8,11,13-14H2,1-3H3. The van der Waals surface area contributed by atoms with Crippen LogP contribution in [-0.2, 0) is 16.0 Å². The zero-order valence-electron chi connectivity index (χ0n) is 15.8. The van der Waals surface area contributed by atoms with E-state index < -0.39 is 0 Å². The second kappa shape index (κ2) is 8.32. The number of hydrogen-bond donors (Lipinski definition) is 0. The van der Waals surface area contributed by atoms with Gasteiger partial charge in [-0.3, -0.25) is 4.79 Å². The van der Waals surface area contributed by atoms with Gasteiger partial charge in [-0.1, -0.05) is 24.3 Å². The second-order valence-electron chi connectivity index (χ2n) is 6.88. The van der Waals surface area contributed by atoms with Gasteiger partial charge < -0.3 is 14.5 Å². The number of anilines is 1. The number of pyridine rings is 1. The fourth-order valence-electron chi connectivity index (χ4n) is 3.58. The third-order valence-electron chi connectivity index (χ3n) is 4.89. The van der Waals surface area contributed by atoms with Crippen molar-refractivity contribution in [3.05, 3.63) is 59.3 Å². The zero-order chi connectivity index (χ0) is 18.5. The molecule has 1 aliphatic rings. The Kier molecular flexibility index (Phi) is 5.89. The molecule has 3 rings (SSSR count). The number of hydrogen-bond acceptors (Lipinski definition) is 4. The first-order valence-corrected chi connectivity index (χ1v) is 9.11. The average Bonchev–Trinajstić information content (AvgIpc) is 2.85. The molecule has 0 fully saturated rings. The highest BCUT2D eigenvalue weighted by Crippen LogP contribution is 2.35. The summed E-state index contributed by atoms with van der Waals surface area (Å²) in [6.45, 7) is 1.20. The molecule has 1 atom stereocenters. The Labute approximate surface area is 155 Å². The van der Waals surface area contributed by atoms with Crippen molar-refractivity contribution >= 4 is 11.7 Å². The van der Waals surface area contributed by atoms with Gasteiger partial charge in [0.1, 0.15) is 5.82 Å². The monoisotopic (exact) mass is 353 g/mol. The molecule has 1 unspecified atom stereocenters. The molecule has 2 aromatic rings. The predicted octanol–water partition coefficient (Wildman–Crippen LogP) is 3.05. The number of nitrogens with zero attached hydrogens (tertiary/aromatic N) is 3. The molecule has 1 aromatic heterocycles. The molecular weight excluding hydrogens is 326 g/mol. The molecule has 0 N–H and O–H groups in total. The number of fused-ring (bicyclic) bond motifs is 1. The van der Waals surface area contributed by atoms with Crippen molar-refractivity contribution in [3.8, 4) is 0 Å². The highest BCUT2D eigenvalue weighted by atomic mass is 16.5. The summed E-state index contributed by atoms with van der Waals surface area (Å²) in [5.74, 6) is 1.03. The molecule has 1 aliphatic heterocycles. The Morgan fingerprint density at radius 3 is 2.88 bits per heavy atom.